The van der Waals surface area contributed by atoms with Crippen molar-refractivity contribution < 1.29 is 0 Å². The van der Waals surface area contributed by atoms with Gasteiger partial charge in [-0.2, -0.15) is 0 Å². The van der Waals surface area contributed by atoms with E-state index in [-0.39, 0.29) is 0 Å². The number of rotatable bonds is 5. The summed E-state index contributed by atoms with van der Waals surface area (Å²) in [5.74, 6) is 1.91. The maximum atomic E-state index is 5.03. The van der Waals surface area contributed by atoms with Crippen LogP contribution in [0.3, 0.4) is 0 Å². The third-order valence-corrected chi connectivity index (χ3v) is 9.76. The zero-order chi connectivity index (χ0) is 34.4. The van der Waals surface area contributed by atoms with E-state index in [0.29, 0.717) is 17.5 Å². The molecule has 0 amide bonds. The molecule has 5 nitrogen and oxygen atoms in total. The van der Waals surface area contributed by atoms with Gasteiger partial charge in [-0.3, -0.25) is 0 Å². The van der Waals surface area contributed by atoms with Gasteiger partial charge in [-0.25, -0.2) is 15.0 Å². The van der Waals surface area contributed by atoms with Crippen LogP contribution in [0.15, 0.2) is 176 Å². The minimum absolute atomic E-state index is 0.626. The number of nitrogens with zero attached hydrogens (tertiary/aromatic N) is 5. The Morgan fingerprint density at radius 3 is 1.67 bits per heavy atom. The van der Waals surface area contributed by atoms with Crippen LogP contribution in [0.4, 0.5) is 17.1 Å². The van der Waals surface area contributed by atoms with Gasteiger partial charge < -0.3 is 9.47 Å². The van der Waals surface area contributed by atoms with Crippen LogP contribution >= 0.6 is 0 Å². The summed E-state index contributed by atoms with van der Waals surface area (Å²) in [6, 6.07) is 61.3. The van der Waals surface area contributed by atoms with Crippen molar-refractivity contribution >= 4 is 51.0 Å². The highest BCUT2D eigenvalue weighted by Gasteiger charge is 2.26. The van der Waals surface area contributed by atoms with Gasteiger partial charge in [0.05, 0.1) is 22.4 Å². The molecule has 2 aromatic heterocycles. The summed E-state index contributed by atoms with van der Waals surface area (Å²) < 4.78 is 2.37. The lowest BCUT2D eigenvalue weighted by Crippen LogP contribution is -2.12. The predicted molar refractivity (Wildman–Crippen MR) is 214 cm³/mol. The Bertz CT molecular complexity index is 2730. The summed E-state index contributed by atoms with van der Waals surface area (Å²) in [4.78, 5) is 17.4. The molecule has 7 aromatic carbocycles. The molecule has 0 aliphatic carbocycles. The molecule has 5 heteroatoms. The molecule has 0 radical (unpaired) electrons. The van der Waals surface area contributed by atoms with E-state index in [4.69, 9.17) is 15.0 Å². The number of fused-ring (bicyclic) bond motifs is 6. The molecule has 9 aromatic rings. The summed E-state index contributed by atoms with van der Waals surface area (Å²) >= 11 is 0. The zero-order valence-corrected chi connectivity index (χ0v) is 28.1. The van der Waals surface area contributed by atoms with Crippen LogP contribution in [0.1, 0.15) is 11.1 Å². The van der Waals surface area contributed by atoms with Crippen molar-refractivity contribution in [3.05, 3.63) is 187 Å². The first-order chi connectivity index (χ1) is 25.8. The predicted octanol–water partition coefficient (Wildman–Crippen LogP) is 11.9. The molecular weight excluding hydrogens is 635 g/mol. The fourth-order valence-electron chi connectivity index (χ4n) is 7.41. The number of para-hydroxylation sites is 3. The quantitative estimate of drug-likeness (QED) is 0.184. The SMILES string of the molecule is C1=Cc2ccc3c(c2N(c2ccccc2)c2ccccc21)c1ccccc1n3-c1cccc(-c2nc(-c3ccccc3)nc(-c3ccccc3)n2)c1. The number of hydrogen-bond donors (Lipinski definition) is 0. The van der Waals surface area contributed by atoms with E-state index in [9.17, 15) is 0 Å². The summed E-state index contributed by atoms with van der Waals surface area (Å²) in [5.41, 5.74) is 11.8. The number of anilines is 3. The van der Waals surface area contributed by atoms with E-state index in [1.807, 2.05) is 60.7 Å². The molecule has 1 aliphatic rings. The van der Waals surface area contributed by atoms with Crippen molar-refractivity contribution in [2.24, 2.45) is 0 Å². The third-order valence-electron chi connectivity index (χ3n) is 9.76. The normalized spacial score (nSPS) is 12.1. The van der Waals surface area contributed by atoms with Gasteiger partial charge in [0.1, 0.15) is 0 Å². The Morgan fingerprint density at radius 1 is 0.385 bits per heavy atom. The highest BCUT2D eigenvalue weighted by Crippen LogP contribution is 2.48. The summed E-state index contributed by atoms with van der Waals surface area (Å²) in [6.45, 7) is 0. The van der Waals surface area contributed by atoms with E-state index < -0.39 is 0 Å². The summed E-state index contributed by atoms with van der Waals surface area (Å²) in [6.07, 6.45) is 4.48. The molecule has 0 spiro atoms. The molecule has 52 heavy (non-hydrogen) atoms. The maximum Gasteiger partial charge on any atom is 0.164 e. The van der Waals surface area contributed by atoms with E-state index in [0.717, 1.165) is 56.0 Å². The fourth-order valence-corrected chi connectivity index (χ4v) is 7.41. The van der Waals surface area contributed by atoms with Gasteiger partial charge in [-0.1, -0.05) is 146 Å². The third kappa shape index (κ3) is 4.98. The van der Waals surface area contributed by atoms with Gasteiger partial charge in [0.15, 0.2) is 17.5 Å². The Kier molecular flexibility index (Phi) is 7.07. The van der Waals surface area contributed by atoms with Crippen LogP contribution in [-0.2, 0) is 0 Å². The van der Waals surface area contributed by atoms with Crippen LogP contribution < -0.4 is 4.90 Å². The molecule has 0 atom stereocenters. The average Bonchev–Trinajstić information content (AvgIpc) is 3.46. The van der Waals surface area contributed by atoms with Crippen molar-refractivity contribution in [2.45, 2.75) is 0 Å². The second-order valence-electron chi connectivity index (χ2n) is 12.9. The van der Waals surface area contributed by atoms with Gasteiger partial charge in [0.25, 0.3) is 0 Å². The lowest BCUT2D eigenvalue weighted by molar-refractivity contribution is 1.07. The molecule has 10 rings (SSSR count). The van der Waals surface area contributed by atoms with Crippen LogP contribution in [0.5, 0.6) is 0 Å². The smallest absolute Gasteiger partial charge is 0.164 e. The number of benzene rings is 7. The molecule has 0 saturated heterocycles. The van der Waals surface area contributed by atoms with E-state index in [1.54, 1.807) is 0 Å². The second-order valence-corrected chi connectivity index (χ2v) is 12.9. The molecule has 0 bridgehead atoms. The van der Waals surface area contributed by atoms with Gasteiger partial charge in [-0.15, -0.1) is 0 Å². The Morgan fingerprint density at radius 2 is 0.942 bits per heavy atom. The van der Waals surface area contributed by atoms with Crippen molar-refractivity contribution in [1.29, 1.82) is 0 Å². The minimum Gasteiger partial charge on any atom is -0.309 e. The summed E-state index contributed by atoms with van der Waals surface area (Å²) in [5, 5.41) is 2.38. The molecule has 0 unspecified atom stereocenters. The van der Waals surface area contributed by atoms with Gasteiger partial charge >= 0.3 is 0 Å². The topological polar surface area (TPSA) is 46.8 Å². The van der Waals surface area contributed by atoms with Gasteiger partial charge in [-0.05, 0) is 53.6 Å². The molecule has 244 valence electrons. The van der Waals surface area contributed by atoms with Crippen LogP contribution in [-0.4, -0.2) is 19.5 Å². The first-order valence-corrected chi connectivity index (χ1v) is 17.5. The standard InChI is InChI=1S/C47H31N5/c1-4-16-34(17-5-1)45-48-46(35-18-6-2-7-19-35)50-47(49-45)36-20-14-23-38(31-36)51-41-26-13-11-24-39(41)43-42(51)30-29-33-28-27-32-15-10-12-25-40(32)52(44(33)43)37-21-8-3-9-22-37/h1-31H. The first kappa shape index (κ1) is 29.8. The molecule has 0 fully saturated rings. The Hall–Kier alpha value is -7.11. The molecule has 0 N–H and O–H groups in total. The lowest BCUT2D eigenvalue weighted by atomic mass is 10.0. The van der Waals surface area contributed by atoms with Crippen molar-refractivity contribution in [3.8, 4) is 39.9 Å². The highest BCUT2D eigenvalue weighted by atomic mass is 15.2. The zero-order valence-electron chi connectivity index (χ0n) is 28.1. The maximum absolute atomic E-state index is 5.03. The number of hydrogen-bond acceptors (Lipinski definition) is 4. The second kappa shape index (κ2) is 12.3. The van der Waals surface area contributed by atoms with E-state index in [2.05, 4.69) is 137 Å². The average molecular weight is 666 g/mol. The Labute approximate surface area is 301 Å². The fraction of sp³-hybridized carbons (Fsp3) is 0. The monoisotopic (exact) mass is 665 g/mol. The molecule has 3 heterocycles. The van der Waals surface area contributed by atoms with Crippen molar-refractivity contribution in [2.75, 3.05) is 4.90 Å². The van der Waals surface area contributed by atoms with Crippen molar-refractivity contribution in [1.82, 2.24) is 19.5 Å². The highest BCUT2D eigenvalue weighted by molar-refractivity contribution is 6.19. The molecular formula is C47H31N5. The molecule has 1 aliphatic heterocycles. The number of aromatic nitrogens is 4. The van der Waals surface area contributed by atoms with E-state index in [1.165, 1.54) is 16.3 Å². The van der Waals surface area contributed by atoms with Crippen LogP contribution in [0, 0.1) is 0 Å². The largest absolute Gasteiger partial charge is 0.309 e. The van der Waals surface area contributed by atoms with Crippen LogP contribution in [0.2, 0.25) is 0 Å². The van der Waals surface area contributed by atoms with E-state index >= 15 is 0 Å². The lowest BCUT2D eigenvalue weighted by Gasteiger charge is -2.28. The Balaban J connectivity index is 1.20. The molecule has 0 saturated carbocycles. The van der Waals surface area contributed by atoms with Gasteiger partial charge in [0.2, 0.25) is 0 Å². The first-order valence-electron chi connectivity index (χ1n) is 17.5. The summed E-state index contributed by atoms with van der Waals surface area (Å²) in [7, 11) is 0. The minimum atomic E-state index is 0.626. The van der Waals surface area contributed by atoms with Gasteiger partial charge in [0, 0.05) is 38.8 Å². The van der Waals surface area contributed by atoms with Crippen molar-refractivity contribution in [3.63, 3.8) is 0 Å². The van der Waals surface area contributed by atoms with Crippen LogP contribution in [0.25, 0.3) is 73.8 Å².